The number of aryl methyl sites for hydroxylation is 1. The first-order valence-corrected chi connectivity index (χ1v) is 4.61. The molecule has 0 saturated carbocycles. The molecule has 0 aliphatic heterocycles. The Morgan fingerprint density at radius 1 is 1.13 bits per heavy atom. The topological polar surface area (TPSA) is 77.8 Å². The molecule has 4 nitrogen and oxygen atoms in total. The quantitative estimate of drug-likeness (QED) is 0.733. The van der Waals surface area contributed by atoms with Crippen LogP contribution in [0.15, 0.2) is 30.6 Å². The maximum absolute atomic E-state index is 5.69. The molecule has 2 heterocycles. The van der Waals surface area contributed by atoms with Gasteiger partial charge in [0.1, 0.15) is 5.82 Å². The molecule has 4 N–H and O–H groups in total. The molecule has 2 aromatic rings. The fraction of sp³-hybridized carbons (Fsp3) is 0.0909. The molecule has 2 rings (SSSR count). The summed E-state index contributed by atoms with van der Waals surface area (Å²) < 4.78 is 0. The zero-order valence-electron chi connectivity index (χ0n) is 8.44. The van der Waals surface area contributed by atoms with Crippen molar-refractivity contribution < 1.29 is 0 Å². The predicted molar refractivity (Wildman–Crippen MR) is 61.0 cm³/mol. The summed E-state index contributed by atoms with van der Waals surface area (Å²) in [5, 5.41) is 0. The Kier molecular flexibility index (Phi) is 2.25. The Hall–Kier alpha value is -2.10. The first-order valence-electron chi connectivity index (χ1n) is 4.61. The van der Waals surface area contributed by atoms with Gasteiger partial charge in [0.15, 0.2) is 0 Å². The fourth-order valence-corrected chi connectivity index (χ4v) is 1.46. The van der Waals surface area contributed by atoms with E-state index in [9.17, 15) is 0 Å². The van der Waals surface area contributed by atoms with Crippen molar-refractivity contribution in [1.82, 2.24) is 9.97 Å². The van der Waals surface area contributed by atoms with E-state index in [0.717, 1.165) is 16.8 Å². The minimum absolute atomic E-state index is 0.495. The van der Waals surface area contributed by atoms with Crippen LogP contribution in [0.1, 0.15) is 5.69 Å². The van der Waals surface area contributed by atoms with Gasteiger partial charge in [-0.15, -0.1) is 0 Å². The molecule has 0 fully saturated rings. The second-order valence-electron chi connectivity index (χ2n) is 3.37. The number of hydrogen-bond donors (Lipinski definition) is 2. The minimum atomic E-state index is 0.495. The number of aromatic nitrogens is 2. The van der Waals surface area contributed by atoms with Gasteiger partial charge in [0, 0.05) is 17.5 Å². The molecular weight excluding hydrogens is 188 g/mol. The third-order valence-corrected chi connectivity index (χ3v) is 2.20. The van der Waals surface area contributed by atoms with E-state index in [1.165, 1.54) is 0 Å². The predicted octanol–water partition coefficient (Wildman–Crippen LogP) is 1.62. The van der Waals surface area contributed by atoms with Crippen LogP contribution in [-0.2, 0) is 0 Å². The summed E-state index contributed by atoms with van der Waals surface area (Å²) in [6.45, 7) is 1.94. The molecule has 15 heavy (non-hydrogen) atoms. The fourth-order valence-electron chi connectivity index (χ4n) is 1.46. The van der Waals surface area contributed by atoms with Crippen LogP contribution >= 0.6 is 0 Å². The lowest BCUT2D eigenvalue weighted by Gasteiger charge is -2.06. The summed E-state index contributed by atoms with van der Waals surface area (Å²) in [5.41, 5.74) is 14.9. The number of rotatable bonds is 1. The summed E-state index contributed by atoms with van der Waals surface area (Å²) in [4.78, 5) is 8.14. The van der Waals surface area contributed by atoms with E-state index in [4.69, 9.17) is 11.5 Å². The second kappa shape index (κ2) is 3.57. The molecule has 0 aliphatic rings. The zero-order chi connectivity index (χ0) is 10.8. The van der Waals surface area contributed by atoms with Gasteiger partial charge in [-0.05, 0) is 30.7 Å². The van der Waals surface area contributed by atoms with Crippen LogP contribution in [0.5, 0.6) is 0 Å². The average molecular weight is 200 g/mol. The largest absolute Gasteiger partial charge is 0.397 e. The third kappa shape index (κ3) is 1.88. The van der Waals surface area contributed by atoms with Crippen molar-refractivity contribution in [2.75, 3.05) is 11.5 Å². The van der Waals surface area contributed by atoms with Crippen LogP contribution < -0.4 is 11.5 Å². The molecule has 0 atom stereocenters. The lowest BCUT2D eigenvalue weighted by molar-refractivity contribution is 1.20. The highest BCUT2D eigenvalue weighted by molar-refractivity contribution is 5.70. The van der Waals surface area contributed by atoms with Gasteiger partial charge in [-0.1, -0.05) is 0 Å². The standard InChI is InChI=1S/C11H12N4/c1-7-10(5-9(12)6-15-7)8-2-3-14-11(13)4-8/h2-6H,12H2,1H3,(H2,13,14). The van der Waals surface area contributed by atoms with Crippen LogP contribution in [0.4, 0.5) is 11.5 Å². The van der Waals surface area contributed by atoms with Gasteiger partial charge in [0.05, 0.1) is 11.9 Å². The van der Waals surface area contributed by atoms with Crippen LogP contribution in [0, 0.1) is 6.92 Å². The number of anilines is 2. The van der Waals surface area contributed by atoms with E-state index >= 15 is 0 Å². The van der Waals surface area contributed by atoms with E-state index in [1.807, 2.05) is 25.1 Å². The number of nitrogen functional groups attached to an aromatic ring is 2. The Morgan fingerprint density at radius 2 is 1.93 bits per heavy atom. The van der Waals surface area contributed by atoms with E-state index < -0.39 is 0 Å². The molecule has 76 valence electrons. The van der Waals surface area contributed by atoms with E-state index in [-0.39, 0.29) is 0 Å². The van der Waals surface area contributed by atoms with E-state index in [1.54, 1.807) is 12.4 Å². The molecule has 0 aliphatic carbocycles. The van der Waals surface area contributed by atoms with Gasteiger partial charge in [0.2, 0.25) is 0 Å². The number of nitrogens with two attached hydrogens (primary N) is 2. The van der Waals surface area contributed by atoms with Crippen molar-refractivity contribution in [2.24, 2.45) is 0 Å². The Labute approximate surface area is 88.0 Å². The molecule has 0 unspecified atom stereocenters. The molecule has 0 bridgehead atoms. The Bertz CT molecular complexity index is 494. The van der Waals surface area contributed by atoms with Crippen molar-refractivity contribution in [3.63, 3.8) is 0 Å². The Balaban J connectivity index is 2.58. The first kappa shape index (κ1) is 9.45. The maximum Gasteiger partial charge on any atom is 0.123 e. The molecule has 4 heteroatoms. The molecule has 0 amide bonds. The number of pyridine rings is 2. The van der Waals surface area contributed by atoms with Crippen molar-refractivity contribution in [3.8, 4) is 11.1 Å². The van der Waals surface area contributed by atoms with Crippen molar-refractivity contribution in [2.45, 2.75) is 6.92 Å². The highest BCUT2D eigenvalue weighted by atomic mass is 14.8. The highest BCUT2D eigenvalue weighted by Crippen LogP contribution is 2.24. The maximum atomic E-state index is 5.69. The average Bonchev–Trinajstić information content (AvgIpc) is 2.22. The zero-order valence-corrected chi connectivity index (χ0v) is 8.44. The molecule has 0 radical (unpaired) electrons. The molecular formula is C11H12N4. The van der Waals surface area contributed by atoms with Gasteiger partial charge in [0.25, 0.3) is 0 Å². The Morgan fingerprint density at radius 3 is 2.67 bits per heavy atom. The summed E-state index contributed by atoms with van der Waals surface area (Å²) in [6, 6.07) is 5.58. The van der Waals surface area contributed by atoms with Gasteiger partial charge in [-0.2, -0.15) is 0 Å². The number of nitrogens with zero attached hydrogens (tertiary/aromatic N) is 2. The number of hydrogen-bond acceptors (Lipinski definition) is 4. The molecule has 2 aromatic heterocycles. The summed E-state index contributed by atoms with van der Waals surface area (Å²) in [7, 11) is 0. The normalized spacial score (nSPS) is 10.2. The second-order valence-corrected chi connectivity index (χ2v) is 3.37. The minimum Gasteiger partial charge on any atom is -0.397 e. The first-order chi connectivity index (χ1) is 7.16. The molecule has 0 spiro atoms. The van der Waals surface area contributed by atoms with Crippen molar-refractivity contribution in [1.29, 1.82) is 0 Å². The van der Waals surface area contributed by atoms with E-state index in [2.05, 4.69) is 9.97 Å². The summed E-state index contributed by atoms with van der Waals surface area (Å²) in [6.07, 6.45) is 3.32. The highest BCUT2D eigenvalue weighted by Gasteiger charge is 2.03. The SMILES string of the molecule is Cc1ncc(N)cc1-c1ccnc(N)c1. The smallest absolute Gasteiger partial charge is 0.123 e. The van der Waals surface area contributed by atoms with Crippen molar-refractivity contribution in [3.05, 3.63) is 36.3 Å². The summed E-state index contributed by atoms with van der Waals surface area (Å²) in [5.74, 6) is 0.495. The van der Waals surface area contributed by atoms with Crippen molar-refractivity contribution >= 4 is 11.5 Å². The van der Waals surface area contributed by atoms with E-state index in [0.29, 0.717) is 11.5 Å². The van der Waals surface area contributed by atoms with Gasteiger partial charge in [-0.25, -0.2) is 4.98 Å². The van der Waals surface area contributed by atoms with Crippen LogP contribution in [0.3, 0.4) is 0 Å². The van der Waals surface area contributed by atoms with Gasteiger partial charge >= 0.3 is 0 Å². The van der Waals surface area contributed by atoms with Crippen LogP contribution in [0.2, 0.25) is 0 Å². The van der Waals surface area contributed by atoms with Gasteiger partial charge in [-0.3, -0.25) is 4.98 Å². The molecule has 0 saturated heterocycles. The monoisotopic (exact) mass is 200 g/mol. The van der Waals surface area contributed by atoms with Crippen LogP contribution in [0.25, 0.3) is 11.1 Å². The summed E-state index contributed by atoms with van der Waals surface area (Å²) >= 11 is 0. The third-order valence-electron chi connectivity index (χ3n) is 2.20. The lowest BCUT2D eigenvalue weighted by Crippen LogP contribution is -1.94. The lowest BCUT2D eigenvalue weighted by atomic mass is 10.1. The van der Waals surface area contributed by atoms with Crippen LogP contribution in [-0.4, -0.2) is 9.97 Å². The molecule has 0 aromatic carbocycles. The van der Waals surface area contributed by atoms with Gasteiger partial charge < -0.3 is 11.5 Å².